The number of anilines is 1. The number of aryl methyl sites for hydroxylation is 1. The lowest BCUT2D eigenvalue weighted by molar-refractivity contribution is 0.0746. The van der Waals surface area contributed by atoms with Gasteiger partial charge in [0.15, 0.2) is 0 Å². The number of aromatic nitrogens is 2. The van der Waals surface area contributed by atoms with Crippen molar-refractivity contribution >= 4 is 11.7 Å². The molecule has 0 N–H and O–H groups in total. The summed E-state index contributed by atoms with van der Waals surface area (Å²) in [6.07, 6.45) is 5.12. The average Bonchev–Trinajstić information content (AvgIpc) is 2.61. The molecule has 1 saturated heterocycles. The first-order chi connectivity index (χ1) is 11.2. The van der Waals surface area contributed by atoms with Crippen molar-refractivity contribution in [2.24, 2.45) is 0 Å². The summed E-state index contributed by atoms with van der Waals surface area (Å²) in [7, 11) is 1.64. The van der Waals surface area contributed by atoms with Crippen LogP contribution in [0.1, 0.15) is 15.9 Å². The highest BCUT2D eigenvalue weighted by molar-refractivity contribution is 5.94. The van der Waals surface area contributed by atoms with Crippen molar-refractivity contribution < 1.29 is 9.53 Å². The van der Waals surface area contributed by atoms with Crippen LogP contribution in [0.15, 0.2) is 36.8 Å². The van der Waals surface area contributed by atoms with E-state index in [-0.39, 0.29) is 5.91 Å². The summed E-state index contributed by atoms with van der Waals surface area (Å²) in [5.41, 5.74) is 1.65. The van der Waals surface area contributed by atoms with E-state index in [1.165, 1.54) is 0 Å². The van der Waals surface area contributed by atoms with Crippen LogP contribution in [0.25, 0.3) is 0 Å². The number of carbonyl (C=O) groups is 1. The minimum absolute atomic E-state index is 0.0412. The van der Waals surface area contributed by atoms with Gasteiger partial charge in [0.1, 0.15) is 11.6 Å². The summed E-state index contributed by atoms with van der Waals surface area (Å²) in [6.45, 7) is 4.80. The number of piperazine rings is 1. The van der Waals surface area contributed by atoms with Gasteiger partial charge in [0.05, 0.1) is 12.7 Å². The van der Waals surface area contributed by atoms with Gasteiger partial charge in [-0.25, -0.2) is 4.98 Å². The van der Waals surface area contributed by atoms with E-state index in [1.807, 2.05) is 30.0 Å². The Hall–Kier alpha value is -2.63. The van der Waals surface area contributed by atoms with E-state index in [2.05, 4.69) is 14.9 Å². The predicted molar refractivity (Wildman–Crippen MR) is 87.9 cm³/mol. The topological polar surface area (TPSA) is 58.6 Å². The molecular formula is C17H20N4O2. The molecule has 23 heavy (non-hydrogen) atoms. The molecule has 0 aromatic carbocycles. The zero-order valence-electron chi connectivity index (χ0n) is 13.4. The Morgan fingerprint density at radius 2 is 1.96 bits per heavy atom. The third kappa shape index (κ3) is 3.41. The molecule has 0 bridgehead atoms. The molecule has 0 atom stereocenters. The van der Waals surface area contributed by atoms with Crippen molar-refractivity contribution in [1.82, 2.24) is 14.9 Å². The molecule has 0 radical (unpaired) electrons. The molecule has 2 aromatic heterocycles. The molecular weight excluding hydrogens is 292 g/mol. The van der Waals surface area contributed by atoms with E-state index in [4.69, 9.17) is 4.74 Å². The third-order valence-electron chi connectivity index (χ3n) is 3.97. The number of hydrogen-bond donors (Lipinski definition) is 0. The number of nitrogens with zero attached hydrogens (tertiary/aromatic N) is 4. The summed E-state index contributed by atoms with van der Waals surface area (Å²) in [5.74, 6) is 1.72. The molecule has 1 amide bonds. The molecule has 3 rings (SSSR count). The van der Waals surface area contributed by atoms with Crippen molar-refractivity contribution in [3.63, 3.8) is 0 Å². The SMILES string of the molecule is COc1ccnc(N2CCN(C(=O)c3cncc(C)c3)CC2)c1. The number of ether oxygens (including phenoxy) is 1. The molecule has 1 aliphatic heterocycles. The van der Waals surface area contributed by atoms with Gasteiger partial charge in [-0.3, -0.25) is 9.78 Å². The van der Waals surface area contributed by atoms with E-state index in [0.29, 0.717) is 18.7 Å². The molecule has 6 nitrogen and oxygen atoms in total. The van der Waals surface area contributed by atoms with Crippen molar-refractivity contribution in [2.45, 2.75) is 6.92 Å². The van der Waals surface area contributed by atoms with Crippen LogP contribution in [0, 0.1) is 6.92 Å². The number of amides is 1. The molecule has 0 spiro atoms. The Balaban J connectivity index is 1.65. The number of methoxy groups -OCH3 is 1. The van der Waals surface area contributed by atoms with Gasteiger partial charge in [-0.1, -0.05) is 0 Å². The van der Waals surface area contributed by atoms with Crippen LogP contribution < -0.4 is 9.64 Å². The molecule has 0 unspecified atom stereocenters. The second-order valence-electron chi connectivity index (χ2n) is 5.58. The van der Waals surface area contributed by atoms with Crippen LogP contribution in [0.4, 0.5) is 5.82 Å². The van der Waals surface area contributed by atoms with Gasteiger partial charge in [-0.05, 0) is 24.6 Å². The number of hydrogen-bond acceptors (Lipinski definition) is 5. The molecule has 0 saturated carbocycles. The Labute approximate surface area is 135 Å². The smallest absolute Gasteiger partial charge is 0.255 e. The third-order valence-corrected chi connectivity index (χ3v) is 3.97. The first kappa shape index (κ1) is 15.3. The van der Waals surface area contributed by atoms with E-state index < -0.39 is 0 Å². The molecule has 1 aliphatic rings. The predicted octanol–water partition coefficient (Wildman–Crippen LogP) is 1.76. The quantitative estimate of drug-likeness (QED) is 0.864. The van der Waals surface area contributed by atoms with Gasteiger partial charge in [0.25, 0.3) is 5.91 Å². The van der Waals surface area contributed by atoms with E-state index in [1.54, 1.807) is 25.7 Å². The van der Waals surface area contributed by atoms with E-state index in [9.17, 15) is 4.79 Å². The van der Waals surface area contributed by atoms with Crippen LogP contribution in [-0.4, -0.2) is 54.1 Å². The Kier molecular flexibility index (Phi) is 4.41. The van der Waals surface area contributed by atoms with Gasteiger partial charge in [0.2, 0.25) is 0 Å². The van der Waals surface area contributed by atoms with Gasteiger partial charge in [0, 0.05) is 50.8 Å². The number of pyridine rings is 2. The minimum Gasteiger partial charge on any atom is -0.497 e. The summed E-state index contributed by atoms with van der Waals surface area (Å²) < 4.78 is 5.24. The second kappa shape index (κ2) is 6.64. The summed E-state index contributed by atoms with van der Waals surface area (Å²) in [6, 6.07) is 5.63. The van der Waals surface area contributed by atoms with Crippen LogP contribution >= 0.6 is 0 Å². The van der Waals surface area contributed by atoms with Gasteiger partial charge in [-0.2, -0.15) is 0 Å². The first-order valence-electron chi connectivity index (χ1n) is 7.63. The van der Waals surface area contributed by atoms with E-state index >= 15 is 0 Å². The van der Waals surface area contributed by atoms with Crippen molar-refractivity contribution in [3.05, 3.63) is 47.9 Å². The first-order valence-corrected chi connectivity index (χ1v) is 7.63. The Morgan fingerprint density at radius 1 is 1.17 bits per heavy atom. The number of rotatable bonds is 3. The highest BCUT2D eigenvalue weighted by atomic mass is 16.5. The monoisotopic (exact) mass is 312 g/mol. The molecule has 3 heterocycles. The van der Waals surface area contributed by atoms with Crippen LogP contribution in [0.5, 0.6) is 5.75 Å². The standard InChI is InChI=1S/C17H20N4O2/c1-13-9-14(12-18-11-13)17(22)21-7-5-20(6-8-21)16-10-15(23-2)3-4-19-16/h3-4,9-12H,5-8H2,1-2H3. The van der Waals surface area contributed by atoms with E-state index in [0.717, 1.165) is 30.2 Å². The fraction of sp³-hybridized carbons (Fsp3) is 0.353. The Morgan fingerprint density at radius 3 is 2.65 bits per heavy atom. The molecule has 2 aromatic rings. The zero-order valence-corrected chi connectivity index (χ0v) is 13.4. The summed E-state index contributed by atoms with van der Waals surface area (Å²) >= 11 is 0. The van der Waals surface area contributed by atoms with Crippen molar-refractivity contribution in [3.8, 4) is 5.75 Å². The maximum atomic E-state index is 12.5. The normalized spacial score (nSPS) is 14.7. The number of carbonyl (C=O) groups excluding carboxylic acids is 1. The Bertz CT molecular complexity index is 696. The molecule has 120 valence electrons. The van der Waals surface area contributed by atoms with Gasteiger partial charge < -0.3 is 14.5 Å². The van der Waals surface area contributed by atoms with Gasteiger partial charge in [-0.15, -0.1) is 0 Å². The highest BCUT2D eigenvalue weighted by Gasteiger charge is 2.23. The highest BCUT2D eigenvalue weighted by Crippen LogP contribution is 2.19. The van der Waals surface area contributed by atoms with Crippen LogP contribution in [0.3, 0.4) is 0 Å². The lowest BCUT2D eigenvalue weighted by atomic mass is 10.2. The molecule has 6 heteroatoms. The molecule has 0 aliphatic carbocycles. The van der Waals surface area contributed by atoms with Crippen molar-refractivity contribution in [2.75, 3.05) is 38.2 Å². The second-order valence-corrected chi connectivity index (χ2v) is 5.58. The zero-order chi connectivity index (χ0) is 16.2. The largest absolute Gasteiger partial charge is 0.497 e. The molecule has 1 fully saturated rings. The lowest BCUT2D eigenvalue weighted by Crippen LogP contribution is -2.49. The fourth-order valence-electron chi connectivity index (χ4n) is 2.69. The van der Waals surface area contributed by atoms with Crippen LogP contribution in [0.2, 0.25) is 0 Å². The summed E-state index contributed by atoms with van der Waals surface area (Å²) in [5, 5.41) is 0. The maximum absolute atomic E-state index is 12.5. The van der Waals surface area contributed by atoms with Crippen molar-refractivity contribution in [1.29, 1.82) is 0 Å². The lowest BCUT2D eigenvalue weighted by Gasteiger charge is -2.35. The van der Waals surface area contributed by atoms with Gasteiger partial charge >= 0.3 is 0 Å². The fourth-order valence-corrected chi connectivity index (χ4v) is 2.69. The van der Waals surface area contributed by atoms with Crippen LogP contribution in [-0.2, 0) is 0 Å². The maximum Gasteiger partial charge on any atom is 0.255 e. The average molecular weight is 312 g/mol. The summed E-state index contributed by atoms with van der Waals surface area (Å²) in [4.78, 5) is 25.0. The minimum atomic E-state index is 0.0412.